The number of benzene rings is 1. The van der Waals surface area contributed by atoms with Crippen LogP contribution >= 0.6 is 11.3 Å². The van der Waals surface area contributed by atoms with Crippen LogP contribution < -0.4 is 5.56 Å². The highest BCUT2D eigenvalue weighted by molar-refractivity contribution is 7.15. The molecule has 16 heavy (non-hydrogen) atoms. The summed E-state index contributed by atoms with van der Waals surface area (Å²) in [5, 5.41) is 2.61. The van der Waals surface area contributed by atoms with Crippen molar-refractivity contribution in [2.75, 3.05) is 0 Å². The summed E-state index contributed by atoms with van der Waals surface area (Å²) in [5.74, 6) is 0. The molecule has 0 spiro atoms. The lowest BCUT2D eigenvalue weighted by Gasteiger charge is -2.04. The fourth-order valence-corrected chi connectivity index (χ4v) is 2.64. The van der Waals surface area contributed by atoms with E-state index in [1.165, 1.54) is 11.3 Å². The average Bonchev–Trinajstić information content (AvgIpc) is 2.72. The van der Waals surface area contributed by atoms with Gasteiger partial charge >= 0.3 is 0 Å². The lowest BCUT2D eigenvalue weighted by atomic mass is 10.1. The quantitative estimate of drug-likeness (QED) is 0.594. The Morgan fingerprint density at radius 3 is 2.81 bits per heavy atom. The summed E-state index contributed by atoms with van der Waals surface area (Å²) in [7, 11) is 0. The summed E-state index contributed by atoms with van der Waals surface area (Å²) in [6, 6.07) is 3.98. The number of rotatable bonds is 0. The van der Waals surface area contributed by atoms with Gasteiger partial charge in [0, 0.05) is 11.6 Å². The standard InChI is InChI=1S/C12H10N2OS/c1-7-3-4-8(2)10-9(7)11(15)14-5-6-16-12(14)13-10/h3-6H,1-2H3. The second-order valence-corrected chi connectivity index (χ2v) is 4.77. The van der Waals surface area contributed by atoms with E-state index < -0.39 is 0 Å². The van der Waals surface area contributed by atoms with Crippen LogP contribution in [0.25, 0.3) is 15.9 Å². The maximum Gasteiger partial charge on any atom is 0.266 e. The molecular formula is C12H10N2OS. The van der Waals surface area contributed by atoms with Crippen molar-refractivity contribution in [2.45, 2.75) is 13.8 Å². The van der Waals surface area contributed by atoms with E-state index in [1.54, 1.807) is 10.6 Å². The number of hydrogen-bond acceptors (Lipinski definition) is 3. The molecular weight excluding hydrogens is 220 g/mol. The number of fused-ring (bicyclic) bond motifs is 2. The molecule has 4 heteroatoms. The van der Waals surface area contributed by atoms with Crippen molar-refractivity contribution in [2.24, 2.45) is 0 Å². The van der Waals surface area contributed by atoms with Crippen molar-refractivity contribution >= 4 is 27.2 Å². The second-order valence-electron chi connectivity index (χ2n) is 3.90. The Balaban J connectivity index is 2.72. The van der Waals surface area contributed by atoms with Crippen molar-refractivity contribution in [1.82, 2.24) is 9.38 Å². The second kappa shape index (κ2) is 3.15. The Labute approximate surface area is 96.0 Å². The number of thiazole rings is 1. The highest BCUT2D eigenvalue weighted by atomic mass is 32.1. The van der Waals surface area contributed by atoms with E-state index in [4.69, 9.17) is 0 Å². The van der Waals surface area contributed by atoms with E-state index in [2.05, 4.69) is 4.98 Å². The van der Waals surface area contributed by atoms with Crippen LogP contribution in [0, 0.1) is 13.8 Å². The van der Waals surface area contributed by atoms with Crippen molar-refractivity contribution in [3.8, 4) is 0 Å². The van der Waals surface area contributed by atoms with Crippen LogP contribution in [0.4, 0.5) is 0 Å². The van der Waals surface area contributed by atoms with Gasteiger partial charge in [0.05, 0.1) is 10.9 Å². The van der Waals surface area contributed by atoms with Crippen molar-refractivity contribution in [1.29, 1.82) is 0 Å². The van der Waals surface area contributed by atoms with Gasteiger partial charge in [-0.05, 0) is 25.0 Å². The Hall–Kier alpha value is -1.68. The highest BCUT2D eigenvalue weighted by Gasteiger charge is 2.09. The molecule has 1 aromatic carbocycles. The van der Waals surface area contributed by atoms with Gasteiger partial charge in [-0.25, -0.2) is 4.98 Å². The molecule has 0 saturated heterocycles. The first kappa shape index (κ1) is 9.54. The zero-order chi connectivity index (χ0) is 11.3. The molecule has 0 bridgehead atoms. The van der Waals surface area contributed by atoms with E-state index >= 15 is 0 Å². The van der Waals surface area contributed by atoms with Gasteiger partial charge in [0.25, 0.3) is 5.56 Å². The number of aryl methyl sites for hydroxylation is 2. The van der Waals surface area contributed by atoms with Crippen LogP contribution in [0.3, 0.4) is 0 Å². The lowest BCUT2D eigenvalue weighted by Crippen LogP contribution is -2.14. The molecule has 3 rings (SSSR count). The summed E-state index contributed by atoms with van der Waals surface area (Å²) < 4.78 is 1.61. The van der Waals surface area contributed by atoms with E-state index in [1.807, 2.05) is 31.4 Å². The van der Waals surface area contributed by atoms with Crippen LogP contribution in [0.15, 0.2) is 28.5 Å². The molecule has 0 radical (unpaired) electrons. The Morgan fingerprint density at radius 1 is 1.25 bits per heavy atom. The molecule has 2 aromatic heterocycles. The molecule has 0 fully saturated rings. The molecule has 0 atom stereocenters. The highest BCUT2D eigenvalue weighted by Crippen LogP contribution is 2.19. The van der Waals surface area contributed by atoms with Crippen LogP contribution in [-0.2, 0) is 0 Å². The van der Waals surface area contributed by atoms with Gasteiger partial charge in [0.15, 0.2) is 4.96 Å². The molecule has 0 aliphatic rings. The van der Waals surface area contributed by atoms with E-state index in [0.29, 0.717) is 0 Å². The fraction of sp³-hybridized carbons (Fsp3) is 0.167. The van der Waals surface area contributed by atoms with Gasteiger partial charge in [-0.2, -0.15) is 0 Å². The minimum absolute atomic E-state index is 0.0300. The Kier molecular flexibility index (Phi) is 1.88. The van der Waals surface area contributed by atoms with E-state index in [-0.39, 0.29) is 5.56 Å². The largest absolute Gasteiger partial charge is 0.268 e. The van der Waals surface area contributed by atoms with E-state index in [9.17, 15) is 4.79 Å². The van der Waals surface area contributed by atoms with Crippen molar-refractivity contribution in [3.05, 3.63) is 45.2 Å². The minimum Gasteiger partial charge on any atom is -0.268 e. The first-order chi connectivity index (χ1) is 7.68. The Bertz CT molecular complexity index is 755. The zero-order valence-corrected chi connectivity index (χ0v) is 9.84. The summed E-state index contributed by atoms with van der Waals surface area (Å²) in [4.78, 5) is 17.5. The predicted molar refractivity (Wildman–Crippen MR) is 66.3 cm³/mol. The normalized spacial score (nSPS) is 11.4. The average molecular weight is 230 g/mol. The third-order valence-electron chi connectivity index (χ3n) is 2.82. The van der Waals surface area contributed by atoms with Crippen LogP contribution in [0.5, 0.6) is 0 Å². The monoisotopic (exact) mass is 230 g/mol. The maximum atomic E-state index is 12.3. The van der Waals surface area contributed by atoms with Gasteiger partial charge in [-0.1, -0.05) is 12.1 Å². The SMILES string of the molecule is Cc1ccc(C)c2c(=O)n3ccsc3nc12. The number of hydrogen-bond donors (Lipinski definition) is 0. The molecule has 0 aliphatic carbocycles. The lowest BCUT2D eigenvalue weighted by molar-refractivity contribution is 1.11. The molecule has 0 unspecified atom stereocenters. The van der Waals surface area contributed by atoms with Crippen LogP contribution in [0.2, 0.25) is 0 Å². The van der Waals surface area contributed by atoms with Crippen molar-refractivity contribution in [3.63, 3.8) is 0 Å². The smallest absolute Gasteiger partial charge is 0.266 e. The molecule has 80 valence electrons. The first-order valence-corrected chi connectivity index (χ1v) is 5.92. The molecule has 0 aliphatic heterocycles. The fourth-order valence-electron chi connectivity index (χ4n) is 1.93. The van der Waals surface area contributed by atoms with Gasteiger partial charge in [-0.15, -0.1) is 11.3 Å². The molecule has 3 aromatic rings. The molecule has 2 heterocycles. The van der Waals surface area contributed by atoms with Gasteiger partial charge in [0.1, 0.15) is 0 Å². The topological polar surface area (TPSA) is 34.4 Å². The first-order valence-electron chi connectivity index (χ1n) is 5.04. The third-order valence-corrected chi connectivity index (χ3v) is 3.57. The summed E-state index contributed by atoms with van der Waals surface area (Å²) in [6.07, 6.45) is 1.77. The molecule has 3 nitrogen and oxygen atoms in total. The molecule has 0 saturated carbocycles. The zero-order valence-electron chi connectivity index (χ0n) is 9.02. The number of nitrogens with zero attached hydrogens (tertiary/aromatic N) is 2. The van der Waals surface area contributed by atoms with Gasteiger partial charge < -0.3 is 0 Å². The van der Waals surface area contributed by atoms with Crippen LogP contribution in [0.1, 0.15) is 11.1 Å². The van der Waals surface area contributed by atoms with E-state index in [0.717, 1.165) is 27.0 Å². The predicted octanol–water partition coefficient (Wildman–Crippen LogP) is 2.53. The third kappa shape index (κ3) is 1.13. The molecule has 0 N–H and O–H groups in total. The Morgan fingerprint density at radius 2 is 2.00 bits per heavy atom. The van der Waals surface area contributed by atoms with Crippen molar-refractivity contribution < 1.29 is 0 Å². The molecule has 0 amide bonds. The van der Waals surface area contributed by atoms with Gasteiger partial charge in [0.2, 0.25) is 0 Å². The minimum atomic E-state index is 0.0300. The summed E-state index contributed by atoms with van der Waals surface area (Å²) >= 11 is 1.48. The van der Waals surface area contributed by atoms with Crippen LogP contribution in [-0.4, -0.2) is 9.38 Å². The number of aromatic nitrogens is 2. The summed E-state index contributed by atoms with van der Waals surface area (Å²) in [6.45, 7) is 3.93. The summed E-state index contributed by atoms with van der Waals surface area (Å²) in [5.41, 5.74) is 2.89. The van der Waals surface area contributed by atoms with Gasteiger partial charge in [-0.3, -0.25) is 9.20 Å². The maximum absolute atomic E-state index is 12.3.